The van der Waals surface area contributed by atoms with Gasteiger partial charge in [-0.3, -0.25) is 0 Å². The van der Waals surface area contributed by atoms with Crippen molar-refractivity contribution in [3.05, 3.63) is 0 Å². The average Bonchev–Trinajstić information content (AvgIpc) is 2.90. The number of carbonyl (C=O) groups is 1. The number of nitrogens with zero attached hydrogens (tertiary/aromatic N) is 2. The number of likely N-dealkylation sites (tertiary alicyclic amines) is 2. The molecule has 6 nitrogen and oxygen atoms in total. The molecule has 0 aromatic carbocycles. The first kappa shape index (κ1) is 13.8. The van der Waals surface area contributed by atoms with E-state index < -0.39 is 11.4 Å². The summed E-state index contributed by atoms with van der Waals surface area (Å²) < 4.78 is 25.2. The van der Waals surface area contributed by atoms with Crippen LogP contribution in [0, 0.1) is 5.92 Å². The summed E-state index contributed by atoms with van der Waals surface area (Å²) in [5.41, 5.74) is 0. The van der Waals surface area contributed by atoms with Crippen LogP contribution in [0.2, 0.25) is 0 Å². The maximum absolute atomic E-state index is 12.1. The fourth-order valence-corrected chi connectivity index (χ4v) is 2.85. The molecule has 0 spiro atoms. The number of rotatable bonds is 3. The minimum Gasteiger partial charge on any atom is -0.750 e. The molecule has 0 aliphatic carbocycles. The smallest absolute Gasteiger partial charge is 0.319 e. The Balaban J connectivity index is 1.72. The molecular weight excluding hydrogens is 256 g/mol. The van der Waals surface area contributed by atoms with E-state index in [4.69, 9.17) is 0 Å². The standard InChI is InChI=1S/C11H20N2O4S/c14-11(12-5-1-2-6-12)13-7-3-10(4-8-13)9-17-18(15)16/h10H,1-9H2,(H,15,16)/p-1. The summed E-state index contributed by atoms with van der Waals surface area (Å²) in [6.45, 7) is 3.39. The van der Waals surface area contributed by atoms with Crippen LogP contribution in [0.1, 0.15) is 25.7 Å². The van der Waals surface area contributed by atoms with Gasteiger partial charge in [0.2, 0.25) is 0 Å². The fourth-order valence-electron chi connectivity index (χ4n) is 2.55. The Labute approximate surface area is 110 Å². The van der Waals surface area contributed by atoms with Crippen molar-refractivity contribution in [2.75, 3.05) is 32.8 Å². The van der Waals surface area contributed by atoms with Crippen LogP contribution < -0.4 is 0 Å². The largest absolute Gasteiger partial charge is 0.750 e. The summed E-state index contributed by atoms with van der Waals surface area (Å²) in [5, 5.41) is 0. The maximum atomic E-state index is 12.1. The van der Waals surface area contributed by atoms with Gasteiger partial charge in [0, 0.05) is 26.2 Å². The summed E-state index contributed by atoms with van der Waals surface area (Å²) >= 11 is -2.43. The number of piperidine rings is 1. The molecule has 7 heteroatoms. The third-order valence-corrected chi connectivity index (χ3v) is 3.99. The first-order valence-electron chi connectivity index (χ1n) is 6.43. The van der Waals surface area contributed by atoms with Gasteiger partial charge in [-0.1, -0.05) is 0 Å². The van der Waals surface area contributed by atoms with Crippen LogP contribution >= 0.6 is 0 Å². The minimum absolute atomic E-state index is 0.138. The molecule has 2 aliphatic rings. The molecule has 0 saturated carbocycles. The molecule has 2 saturated heterocycles. The van der Waals surface area contributed by atoms with Gasteiger partial charge in [0.05, 0.1) is 18.0 Å². The quantitative estimate of drug-likeness (QED) is 0.712. The summed E-state index contributed by atoms with van der Waals surface area (Å²) in [7, 11) is 0. The topological polar surface area (TPSA) is 72.9 Å². The molecule has 1 unspecified atom stereocenters. The molecule has 0 aromatic heterocycles. The number of urea groups is 1. The van der Waals surface area contributed by atoms with Crippen molar-refractivity contribution >= 4 is 17.4 Å². The van der Waals surface area contributed by atoms with Crippen molar-refractivity contribution in [2.24, 2.45) is 5.92 Å². The lowest BCUT2D eigenvalue weighted by Gasteiger charge is -2.34. The van der Waals surface area contributed by atoms with Gasteiger partial charge in [0.1, 0.15) is 0 Å². The number of carbonyl (C=O) groups excluding carboxylic acids is 1. The second-order valence-corrected chi connectivity index (χ2v) is 5.54. The lowest BCUT2D eigenvalue weighted by atomic mass is 9.98. The third kappa shape index (κ3) is 3.66. The van der Waals surface area contributed by atoms with Crippen molar-refractivity contribution < 1.29 is 17.7 Å². The molecule has 2 fully saturated rings. The maximum Gasteiger partial charge on any atom is 0.319 e. The molecule has 0 N–H and O–H groups in total. The summed E-state index contributed by atoms with van der Waals surface area (Å²) in [6, 6.07) is 0.138. The molecule has 2 heterocycles. The highest BCUT2D eigenvalue weighted by molar-refractivity contribution is 7.74. The van der Waals surface area contributed by atoms with E-state index in [1.165, 1.54) is 0 Å². The van der Waals surface area contributed by atoms with Crippen LogP contribution in [0.3, 0.4) is 0 Å². The summed E-state index contributed by atoms with van der Waals surface area (Å²) in [5.74, 6) is 0.241. The molecule has 0 aromatic rings. The van der Waals surface area contributed by atoms with Crippen molar-refractivity contribution in [3.8, 4) is 0 Å². The van der Waals surface area contributed by atoms with E-state index in [9.17, 15) is 13.6 Å². The van der Waals surface area contributed by atoms with Gasteiger partial charge in [0.15, 0.2) is 0 Å². The second kappa shape index (κ2) is 6.49. The predicted molar refractivity (Wildman–Crippen MR) is 65.4 cm³/mol. The zero-order valence-corrected chi connectivity index (χ0v) is 11.2. The molecule has 0 radical (unpaired) electrons. The van der Waals surface area contributed by atoms with Gasteiger partial charge in [-0.2, -0.15) is 0 Å². The third-order valence-electron chi connectivity index (χ3n) is 3.66. The van der Waals surface area contributed by atoms with Gasteiger partial charge in [0.25, 0.3) is 0 Å². The number of hydrogen-bond acceptors (Lipinski definition) is 4. The van der Waals surface area contributed by atoms with Crippen LogP contribution in [0.15, 0.2) is 0 Å². The molecule has 2 amide bonds. The Morgan fingerprint density at radius 3 is 2.28 bits per heavy atom. The van der Waals surface area contributed by atoms with Crippen LogP contribution in [-0.4, -0.2) is 57.4 Å². The number of hydrogen-bond donors (Lipinski definition) is 0. The average molecular weight is 275 g/mol. The second-order valence-electron chi connectivity index (χ2n) is 4.90. The Morgan fingerprint density at radius 1 is 1.17 bits per heavy atom. The molecule has 104 valence electrons. The highest BCUT2D eigenvalue weighted by Gasteiger charge is 2.27. The lowest BCUT2D eigenvalue weighted by molar-refractivity contribution is 0.124. The summed E-state index contributed by atoms with van der Waals surface area (Å²) in [4.78, 5) is 15.9. The minimum atomic E-state index is -2.43. The van der Waals surface area contributed by atoms with Crippen LogP contribution in [-0.2, 0) is 15.5 Å². The highest BCUT2D eigenvalue weighted by atomic mass is 32.2. The molecule has 18 heavy (non-hydrogen) atoms. The first-order chi connectivity index (χ1) is 8.66. The fraction of sp³-hybridized carbons (Fsp3) is 0.909. The van der Waals surface area contributed by atoms with Crippen molar-refractivity contribution in [1.29, 1.82) is 0 Å². The molecule has 1 atom stereocenters. The van der Waals surface area contributed by atoms with Gasteiger partial charge in [-0.15, -0.1) is 0 Å². The first-order valence-corrected chi connectivity index (χ1v) is 7.43. The molecule has 2 rings (SSSR count). The van der Waals surface area contributed by atoms with Crippen LogP contribution in [0.5, 0.6) is 0 Å². The van der Waals surface area contributed by atoms with E-state index in [-0.39, 0.29) is 18.6 Å². The van der Waals surface area contributed by atoms with Crippen LogP contribution in [0.4, 0.5) is 4.79 Å². The van der Waals surface area contributed by atoms with Gasteiger partial charge in [-0.05, 0) is 31.6 Å². The normalized spacial score (nSPS) is 23.4. The number of amides is 2. The van der Waals surface area contributed by atoms with E-state index in [0.717, 1.165) is 38.8 Å². The predicted octanol–water partition coefficient (Wildman–Crippen LogP) is 0.725. The molecule has 2 aliphatic heterocycles. The van der Waals surface area contributed by atoms with Crippen molar-refractivity contribution in [1.82, 2.24) is 9.80 Å². The zero-order chi connectivity index (χ0) is 13.0. The Morgan fingerprint density at radius 2 is 1.72 bits per heavy atom. The van der Waals surface area contributed by atoms with Gasteiger partial charge in [-0.25, -0.2) is 9.00 Å². The highest BCUT2D eigenvalue weighted by Crippen LogP contribution is 2.20. The van der Waals surface area contributed by atoms with Crippen molar-refractivity contribution in [3.63, 3.8) is 0 Å². The Hall–Kier alpha value is -0.660. The molecular formula is C11H19N2O4S-. The van der Waals surface area contributed by atoms with E-state index >= 15 is 0 Å². The van der Waals surface area contributed by atoms with E-state index in [1.54, 1.807) is 0 Å². The van der Waals surface area contributed by atoms with E-state index in [1.807, 2.05) is 9.80 Å². The SMILES string of the molecule is O=C(N1CCCC1)N1CCC(COS(=O)[O-])CC1. The van der Waals surface area contributed by atoms with Gasteiger partial charge < -0.3 is 18.5 Å². The molecule has 0 bridgehead atoms. The zero-order valence-electron chi connectivity index (χ0n) is 10.4. The van der Waals surface area contributed by atoms with E-state index in [0.29, 0.717) is 13.1 Å². The van der Waals surface area contributed by atoms with Gasteiger partial charge >= 0.3 is 6.03 Å². The van der Waals surface area contributed by atoms with Crippen LogP contribution in [0.25, 0.3) is 0 Å². The van der Waals surface area contributed by atoms with Crippen molar-refractivity contribution in [2.45, 2.75) is 25.7 Å². The Kier molecular flexibility index (Phi) is 4.96. The van der Waals surface area contributed by atoms with E-state index in [2.05, 4.69) is 4.18 Å². The Bertz CT molecular complexity index is 312. The monoisotopic (exact) mass is 275 g/mol. The lowest BCUT2D eigenvalue weighted by Crippen LogP contribution is -2.46. The summed E-state index contributed by atoms with van der Waals surface area (Å²) in [6.07, 6.45) is 3.84.